The van der Waals surface area contributed by atoms with Crippen LogP contribution in [0.5, 0.6) is 0 Å². The Hall–Kier alpha value is -2.87. The van der Waals surface area contributed by atoms with Crippen LogP contribution < -0.4 is 10.6 Å². The lowest BCUT2D eigenvalue weighted by Gasteiger charge is -2.08. The van der Waals surface area contributed by atoms with Crippen molar-refractivity contribution in [3.8, 4) is 0 Å². The SMILES string of the molecule is Cc1ccc(C)c(NC(=O)CSc2nc3ccc(NC(=O)c4ccccc4Cl)cc3s2)c1. The molecule has 0 saturated carbocycles. The van der Waals surface area contributed by atoms with Gasteiger partial charge in [0, 0.05) is 11.4 Å². The molecule has 2 N–H and O–H groups in total. The summed E-state index contributed by atoms with van der Waals surface area (Å²) in [5, 5.41) is 6.24. The van der Waals surface area contributed by atoms with Crippen molar-refractivity contribution in [2.24, 2.45) is 0 Å². The van der Waals surface area contributed by atoms with Crippen molar-refractivity contribution in [2.45, 2.75) is 18.2 Å². The molecule has 0 unspecified atom stereocenters. The first kappa shape index (κ1) is 22.3. The number of amides is 2. The lowest BCUT2D eigenvalue weighted by Crippen LogP contribution is -2.14. The molecule has 3 aromatic carbocycles. The molecule has 2 amide bonds. The highest BCUT2D eigenvalue weighted by Gasteiger charge is 2.12. The predicted octanol–water partition coefficient (Wildman–Crippen LogP) is 6.55. The second kappa shape index (κ2) is 9.73. The van der Waals surface area contributed by atoms with Crippen LogP contribution in [-0.4, -0.2) is 22.6 Å². The van der Waals surface area contributed by atoms with E-state index in [1.807, 2.05) is 44.2 Å². The number of nitrogens with one attached hydrogen (secondary N) is 2. The normalized spacial score (nSPS) is 10.8. The minimum Gasteiger partial charge on any atom is -0.325 e. The molecule has 8 heteroatoms. The Morgan fingerprint density at radius 1 is 1.03 bits per heavy atom. The lowest BCUT2D eigenvalue weighted by atomic mass is 10.1. The number of halogens is 1. The monoisotopic (exact) mass is 481 g/mol. The Morgan fingerprint density at radius 3 is 2.66 bits per heavy atom. The van der Waals surface area contributed by atoms with Crippen LogP contribution >= 0.6 is 34.7 Å². The topological polar surface area (TPSA) is 71.1 Å². The molecule has 0 aliphatic rings. The van der Waals surface area contributed by atoms with Gasteiger partial charge in [-0.1, -0.05) is 47.6 Å². The quantitative estimate of drug-likeness (QED) is 0.306. The number of hydrogen-bond acceptors (Lipinski definition) is 5. The predicted molar refractivity (Wildman–Crippen MR) is 134 cm³/mol. The van der Waals surface area contributed by atoms with E-state index < -0.39 is 0 Å². The fourth-order valence-corrected chi connectivity index (χ4v) is 5.20. The molecule has 0 bridgehead atoms. The highest BCUT2D eigenvalue weighted by Crippen LogP contribution is 2.31. The molecule has 0 fully saturated rings. The van der Waals surface area contributed by atoms with Crippen LogP contribution in [0.25, 0.3) is 10.2 Å². The Bertz CT molecular complexity index is 1320. The van der Waals surface area contributed by atoms with Crippen molar-refractivity contribution in [3.05, 3.63) is 82.4 Å². The maximum Gasteiger partial charge on any atom is 0.257 e. The van der Waals surface area contributed by atoms with E-state index in [1.54, 1.807) is 30.3 Å². The summed E-state index contributed by atoms with van der Waals surface area (Å²) in [5.74, 6) is -0.0728. The number of carbonyl (C=O) groups excluding carboxylic acids is 2. The first-order valence-corrected chi connectivity index (χ1v) is 12.0. The summed E-state index contributed by atoms with van der Waals surface area (Å²) >= 11 is 8.99. The maximum atomic E-state index is 12.5. The first-order chi connectivity index (χ1) is 15.4. The second-order valence-electron chi connectivity index (χ2n) is 7.25. The molecule has 32 heavy (non-hydrogen) atoms. The minimum absolute atomic E-state index is 0.0735. The van der Waals surface area contributed by atoms with Gasteiger partial charge in [0.25, 0.3) is 5.91 Å². The molecule has 0 atom stereocenters. The zero-order valence-corrected chi connectivity index (χ0v) is 19.8. The van der Waals surface area contributed by atoms with Gasteiger partial charge in [-0.15, -0.1) is 11.3 Å². The van der Waals surface area contributed by atoms with Gasteiger partial charge >= 0.3 is 0 Å². The second-order valence-corrected chi connectivity index (χ2v) is 9.91. The summed E-state index contributed by atoms with van der Waals surface area (Å²) in [6.45, 7) is 3.97. The largest absolute Gasteiger partial charge is 0.325 e. The van der Waals surface area contributed by atoms with Crippen LogP contribution in [0.15, 0.2) is 65.0 Å². The molecule has 4 rings (SSSR count). The van der Waals surface area contributed by atoms with E-state index in [4.69, 9.17) is 11.6 Å². The van der Waals surface area contributed by atoms with E-state index in [0.717, 1.165) is 31.4 Å². The fourth-order valence-electron chi connectivity index (χ4n) is 3.07. The molecule has 5 nitrogen and oxygen atoms in total. The molecule has 162 valence electrons. The molecule has 0 saturated heterocycles. The van der Waals surface area contributed by atoms with Crippen LogP contribution in [-0.2, 0) is 4.79 Å². The van der Waals surface area contributed by atoms with E-state index in [9.17, 15) is 9.59 Å². The lowest BCUT2D eigenvalue weighted by molar-refractivity contribution is -0.113. The van der Waals surface area contributed by atoms with Gasteiger partial charge in [-0.05, 0) is 61.4 Å². The van der Waals surface area contributed by atoms with Gasteiger partial charge in [0.05, 0.1) is 26.6 Å². The molecule has 4 aromatic rings. The molecule has 0 spiro atoms. The summed E-state index contributed by atoms with van der Waals surface area (Å²) in [4.78, 5) is 29.5. The van der Waals surface area contributed by atoms with Gasteiger partial charge in [-0.2, -0.15) is 0 Å². The number of anilines is 2. The number of aromatic nitrogens is 1. The van der Waals surface area contributed by atoms with Crippen molar-refractivity contribution >= 4 is 68.1 Å². The maximum absolute atomic E-state index is 12.5. The van der Waals surface area contributed by atoms with Crippen molar-refractivity contribution in [1.29, 1.82) is 0 Å². The molecule has 1 aromatic heterocycles. The van der Waals surface area contributed by atoms with Gasteiger partial charge in [0.2, 0.25) is 5.91 Å². The van der Waals surface area contributed by atoms with Gasteiger partial charge in [0.15, 0.2) is 4.34 Å². The Morgan fingerprint density at radius 2 is 1.84 bits per heavy atom. The van der Waals surface area contributed by atoms with E-state index in [1.165, 1.54) is 23.1 Å². The summed E-state index contributed by atoms with van der Waals surface area (Å²) in [7, 11) is 0. The number of benzene rings is 3. The number of fused-ring (bicyclic) bond motifs is 1. The highest BCUT2D eigenvalue weighted by atomic mass is 35.5. The molecular formula is C24H20ClN3O2S2. The average Bonchev–Trinajstić information content (AvgIpc) is 3.17. The number of carbonyl (C=O) groups is 2. The van der Waals surface area contributed by atoms with Gasteiger partial charge in [-0.25, -0.2) is 4.98 Å². The van der Waals surface area contributed by atoms with Crippen molar-refractivity contribution in [2.75, 3.05) is 16.4 Å². The number of thiazole rings is 1. The van der Waals surface area contributed by atoms with Crippen LogP contribution in [0.1, 0.15) is 21.5 Å². The van der Waals surface area contributed by atoms with Crippen molar-refractivity contribution < 1.29 is 9.59 Å². The third-order valence-electron chi connectivity index (χ3n) is 4.74. The van der Waals surface area contributed by atoms with Crippen molar-refractivity contribution in [3.63, 3.8) is 0 Å². The van der Waals surface area contributed by atoms with E-state index in [-0.39, 0.29) is 17.6 Å². The Kier molecular flexibility index (Phi) is 6.79. The third kappa shape index (κ3) is 5.30. The van der Waals surface area contributed by atoms with Gasteiger partial charge in [-0.3, -0.25) is 9.59 Å². The average molecular weight is 482 g/mol. The summed E-state index contributed by atoms with van der Waals surface area (Å²) < 4.78 is 1.73. The number of nitrogens with zero attached hydrogens (tertiary/aromatic N) is 1. The molecule has 0 radical (unpaired) electrons. The standard InChI is InChI=1S/C24H20ClN3O2S2/c1-14-7-8-15(2)20(11-14)27-22(29)13-31-24-28-19-10-9-16(12-21(19)32-24)26-23(30)17-5-3-4-6-18(17)25/h3-12H,13H2,1-2H3,(H,26,30)(H,27,29). The van der Waals surface area contributed by atoms with Gasteiger partial charge in [0.1, 0.15) is 0 Å². The van der Waals surface area contributed by atoms with E-state index in [2.05, 4.69) is 15.6 Å². The smallest absolute Gasteiger partial charge is 0.257 e. The number of aryl methyl sites for hydroxylation is 2. The van der Waals surface area contributed by atoms with Crippen LogP contribution in [0.3, 0.4) is 0 Å². The minimum atomic E-state index is -0.267. The number of rotatable bonds is 6. The van der Waals surface area contributed by atoms with E-state index in [0.29, 0.717) is 16.3 Å². The summed E-state index contributed by atoms with van der Waals surface area (Å²) in [6.07, 6.45) is 0. The highest BCUT2D eigenvalue weighted by molar-refractivity contribution is 8.01. The molecule has 0 aliphatic carbocycles. The molecule has 0 aliphatic heterocycles. The summed E-state index contributed by atoms with van der Waals surface area (Å²) in [6, 6.07) is 18.4. The molecular weight excluding hydrogens is 462 g/mol. The summed E-state index contributed by atoms with van der Waals surface area (Å²) in [5.41, 5.74) is 4.87. The zero-order chi connectivity index (χ0) is 22.7. The Balaban J connectivity index is 1.40. The number of hydrogen-bond donors (Lipinski definition) is 2. The van der Waals surface area contributed by atoms with E-state index >= 15 is 0 Å². The van der Waals surface area contributed by atoms with Crippen LogP contribution in [0.2, 0.25) is 5.02 Å². The Labute approximate surface area is 199 Å². The van der Waals surface area contributed by atoms with Crippen LogP contribution in [0.4, 0.5) is 11.4 Å². The van der Waals surface area contributed by atoms with Crippen molar-refractivity contribution in [1.82, 2.24) is 4.98 Å². The van der Waals surface area contributed by atoms with Crippen LogP contribution in [0, 0.1) is 13.8 Å². The third-order valence-corrected chi connectivity index (χ3v) is 7.23. The fraction of sp³-hybridized carbons (Fsp3) is 0.125. The zero-order valence-electron chi connectivity index (χ0n) is 17.4. The molecule has 1 heterocycles. The first-order valence-electron chi connectivity index (χ1n) is 9.85. The van der Waals surface area contributed by atoms with Gasteiger partial charge < -0.3 is 10.6 Å². The number of thioether (sulfide) groups is 1.